The lowest BCUT2D eigenvalue weighted by Gasteiger charge is -2.10. The molecular formula is C19H16BrClFNO3. The van der Waals surface area contributed by atoms with Crippen LogP contribution in [-0.2, 0) is 9.53 Å². The first-order valence-corrected chi connectivity index (χ1v) is 9.30. The van der Waals surface area contributed by atoms with Crippen LogP contribution in [0.2, 0.25) is 5.02 Å². The number of rotatable bonds is 5. The lowest BCUT2D eigenvalue weighted by Crippen LogP contribution is -2.12. The van der Waals surface area contributed by atoms with Gasteiger partial charge in [-0.05, 0) is 70.7 Å². The molecule has 0 amide bonds. The first-order chi connectivity index (χ1) is 12.4. The van der Waals surface area contributed by atoms with E-state index >= 15 is 0 Å². The molecule has 0 heterocycles. The van der Waals surface area contributed by atoms with Gasteiger partial charge in [-0.2, -0.15) is 0 Å². The summed E-state index contributed by atoms with van der Waals surface area (Å²) in [7, 11) is 0. The van der Waals surface area contributed by atoms with E-state index in [-0.39, 0.29) is 34.6 Å². The third-order valence-electron chi connectivity index (χ3n) is 3.93. The van der Waals surface area contributed by atoms with Crippen molar-refractivity contribution in [2.24, 2.45) is 4.99 Å². The summed E-state index contributed by atoms with van der Waals surface area (Å²) in [5, 5.41) is 12.1. The molecule has 1 saturated carbocycles. The van der Waals surface area contributed by atoms with E-state index in [2.05, 4.69) is 20.9 Å². The summed E-state index contributed by atoms with van der Waals surface area (Å²) in [6, 6.07) is 6.24. The number of aliphatic imine (C=N–C) groups is 1. The van der Waals surface area contributed by atoms with Crippen LogP contribution in [0, 0.1) is 5.82 Å². The van der Waals surface area contributed by atoms with E-state index < -0.39 is 11.8 Å². The zero-order valence-electron chi connectivity index (χ0n) is 13.9. The molecule has 1 aliphatic rings. The Hall–Kier alpha value is -1.92. The zero-order valence-corrected chi connectivity index (χ0v) is 16.3. The fraction of sp³-hybridized carbons (Fsp3) is 0.263. The standard InChI is InChI=1S/C19H16BrClFNO3/c1-2-26-19(25)14(9-23-12-3-4-12)18(24)13-5-10-8-17(22)15(20)6-11(10)7-16(13)21/h5-9,12,24H,2-4H2,1H3/b18-14+,23-9?. The average molecular weight is 441 g/mol. The van der Waals surface area contributed by atoms with Crippen LogP contribution in [0.3, 0.4) is 0 Å². The van der Waals surface area contributed by atoms with Crippen LogP contribution in [0.25, 0.3) is 16.5 Å². The maximum absolute atomic E-state index is 13.8. The highest BCUT2D eigenvalue weighted by Crippen LogP contribution is 2.32. The molecule has 4 nitrogen and oxygen atoms in total. The first-order valence-electron chi connectivity index (χ1n) is 8.13. The molecule has 0 spiro atoms. The average Bonchev–Trinajstić information content (AvgIpc) is 3.40. The van der Waals surface area contributed by atoms with Crippen molar-refractivity contribution in [1.82, 2.24) is 0 Å². The van der Waals surface area contributed by atoms with Crippen molar-refractivity contribution in [2.45, 2.75) is 25.8 Å². The van der Waals surface area contributed by atoms with Crippen LogP contribution < -0.4 is 0 Å². The Labute approximate surface area is 163 Å². The molecule has 7 heteroatoms. The fourth-order valence-corrected chi connectivity index (χ4v) is 3.04. The normalized spacial score (nSPS) is 15.4. The van der Waals surface area contributed by atoms with E-state index in [4.69, 9.17) is 16.3 Å². The number of fused-ring (bicyclic) bond motifs is 1. The molecule has 0 radical (unpaired) electrons. The minimum atomic E-state index is -0.687. The number of halogens is 3. The van der Waals surface area contributed by atoms with Crippen LogP contribution in [0.5, 0.6) is 0 Å². The smallest absolute Gasteiger partial charge is 0.343 e. The number of hydrogen-bond acceptors (Lipinski definition) is 4. The van der Waals surface area contributed by atoms with E-state index in [1.807, 2.05) is 0 Å². The van der Waals surface area contributed by atoms with E-state index in [9.17, 15) is 14.3 Å². The minimum Gasteiger partial charge on any atom is -0.506 e. The third kappa shape index (κ3) is 4.07. The molecule has 2 aromatic carbocycles. The summed E-state index contributed by atoms with van der Waals surface area (Å²) in [6.45, 7) is 1.84. The SMILES string of the molecule is CCOC(=O)/C(C=NC1CC1)=C(/O)c1cc2cc(F)c(Br)cc2cc1Cl. The Balaban J connectivity index is 2.12. The molecule has 0 saturated heterocycles. The van der Waals surface area contributed by atoms with E-state index in [1.165, 1.54) is 18.3 Å². The van der Waals surface area contributed by atoms with E-state index in [0.29, 0.717) is 15.2 Å². The number of aliphatic hydroxyl groups excluding tert-OH is 1. The monoisotopic (exact) mass is 439 g/mol. The van der Waals surface area contributed by atoms with Crippen molar-refractivity contribution >= 4 is 56.2 Å². The van der Waals surface area contributed by atoms with Crippen LogP contribution >= 0.6 is 27.5 Å². The molecule has 1 aliphatic carbocycles. The van der Waals surface area contributed by atoms with Crippen LogP contribution in [-0.4, -0.2) is 29.9 Å². The number of carbonyl (C=O) groups excluding carboxylic acids is 1. The Kier molecular flexibility index (Phi) is 5.63. The zero-order chi connectivity index (χ0) is 18.8. The number of carbonyl (C=O) groups is 1. The van der Waals surface area contributed by atoms with Gasteiger partial charge < -0.3 is 9.84 Å². The summed E-state index contributed by atoms with van der Waals surface area (Å²) in [4.78, 5) is 16.5. The molecule has 0 aromatic heterocycles. The Bertz CT molecular complexity index is 938. The molecular weight excluding hydrogens is 425 g/mol. The predicted molar refractivity (Wildman–Crippen MR) is 104 cm³/mol. The quantitative estimate of drug-likeness (QED) is 0.291. The van der Waals surface area contributed by atoms with Crippen LogP contribution in [0.1, 0.15) is 25.3 Å². The number of ether oxygens (including phenoxy) is 1. The molecule has 0 bridgehead atoms. The van der Waals surface area contributed by atoms with Crippen molar-refractivity contribution in [2.75, 3.05) is 6.61 Å². The molecule has 136 valence electrons. The van der Waals surface area contributed by atoms with Gasteiger partial charge in [-0.3, -0.25) is 4.99 Å². The summed E-state index contributed by atoms with van der Waals surface area (Å²) in [5.41, 5.74) is 0.142. The van der Waals surface area contributed by atoms with E-state index in [0.717, 1.165) is 12.8 Å². The van der Waals surface area contributed by atoms with Gasteiger partial charge in [-0.15, -0.1) is 0 Å². The molecule has 3 rings (SSSR count). The summed E-state index contributed by atoms with van der Waals surface area (Å²) < 4.78 is 19.2. The van der Waals surface area contributed by atoms with Gasteiger partial charge in [0, 0.05) is 11.8 Å². The molecule has 0 unspecified atom stereocenters. The first kappa shape index (κ1) is 18.9. The second-order valence-electron chi connectivity index (χ2n) is 5.94. The number of benzene rings is 2. The maximum Gasteiger partial charge on any atom is 0.343 e. The van der Waals surface area contributed by atoms with Gasteiger partial charge in [-0.1, -0.05) is 11.6 Å². The second kappa shape index (κ2) is 7.76. The van der Waals surface area contributed by atoms with Crippen molar-refractivity contribution in [3.63, 3.8) is 0 Å². The number of nitrogens with zero attached hydrogens (tertiary/aromatic N) is 1. The molecule has 26 heavy (non-hydrogen) atoms. The fourth-order valence-electron chi connectivity index (χ4n) is 2.42. The Morgan fingerprint density at radius 3 is 2.73 bits per heavy atom. The van der Waals surface area contributed by atoms with Gasteiger partial charge in [0.2, 0.25) is 0 Å². The topological polar surface area (TPSA) is 58.9 Å². The highest BCUT2D eigenvalue weighted by Gasteiger charge is 2.23. The molecule has 2 aromatic rings. The predicted octanol–water partition coefficient (Wildman–Crippen LogP) is 5.46. The van der Waals surface area contributed by atoms with Crippen molar-refractivity contribution in [3.05, 3.63) is 50.7 Å². The van der Waals surface area contributed by atoms with Crippen LogP contribution in [0.4, 0.5) is 4.39 Å². The highest BCUT2D eigenvalue weighted by atomic mass is 79.9. The molecule has 0 aliphatic heterocycles. The van der Waals surface area contributed by atoms with Crippen molar-refractivity contribution in [1.29, 1.82) is 0 Å². The summed E-state index contributed by atoms with van der Waals surface area (Å²) >= 11 is 9.42. The van der Waals surface area contributed by atoms with Gasteiger partial charge in [0.1, 0.15) is 17.1 Å². The summed E-state index contributed by atoms with van der Waals surface area (Å²) in [6.07, 6.45) is 3.24. The largest absolute Gasteiger partial charge is 0.506 e. The Morgan fingerprint density at radius 2 is 2.08 bits per heavy atom. The number of aliphatic hydroxyl groups is 1. The number of hydrogen-bond donors (Lipinski definition) is 1. The number of esters is 1. The molecule has 1 N–H and O–H groups in total. The molecule has 0 atom stereocenters. The van der Waals surface area contributed by atoms with Gasteiger partial charge in [-0.25, -0.2) is 9.18 Å². The van der Waals surface area contributed by atoms with Crippen LogP contribution in [0.15, 0.2) is 39.3 Å². The lowest BCUT2D eigenvalue weighted by molar-refractivity contribution is -0.137. The van der Waals surface area contributed by atoms with Gasteiger partial charge in [0.15, 0.2) is 0 Å². The highest BCUT2D eigenvalue weighted by molar-refractivity contribution is 9.10. The second-order valence-corrected chi connectivity index (χ2v) is 7.20. The van der Waals surface area contributed by atoms with Gasteiger partial charge in [0.05, 0.1) is 22.1 Å². The summed E-state index contributed by atoms with van der Waals surface area (Å²) in [5.74, 6) is -1.47. The van der Waals surface area contributed by atoms with Gasteiger partial charge in [0.25, 0.3) is 0 Å². The van der Waals surface area contributed by atoms with E-state index in [1.54, 1.807) is 19.1 Å². The minimum absolute atomic E-state index is 0.0717. The lowest BCUT2D eigenvalue weighted by atomic mass is 10.0. The maximum atomic E-state index is 13.8. The van der Waals surface area contributed by atoms with Crippen molar-refractivity contribution < 1.29 is 19.0 Å². The van der Waals surface area contributed by atoms with Gasteiger partial charge >= 0.3 is 5.97 Å². The third-order valence-corrected chi connectivity index (χ3v) is 4.85. The molecule has 1 fully saturated rings. The van der Waals surface area contributed by atoms with Crippen molar-refractivity contribution in [3.8, 4) is 0 Å². The Morgan fingerprint density at radius 1 is 1.38 bits per heavy atom.